The maximum atomic E-state index is 11.0. The van der Waals surface area contributed by atoms with Gasteiger partial charge in [0.25, 0.3) is 0 Å². The lowest BCUT2D eigenvalue weighted by Crippen LogP contribution is -1.97. The third kappa shape index (κ3) is 3.48. The zero-order valence-corrected chi connectivity index (χ0v) is 12.4. The fraction of sp³-hybridized carbons (Fsp3) is 0.0625. The lowest BCUT2D eigenvalue weighted by molar-refractivity contribution is 0.0697. The zero-order valence-electron chi connectivity index (χ0n) is 10.8. The Balaban J connectivity index is 2.33. The van der Waals surface area contributed by atoms with Gasteiger partial charge >= 0.3 is 5.97 Å². The monoisotopic (exact) mass is 332 g/mol. The smallest absolute Gasteiger partial charge is 0.335 e. The molecule has 0 radical (unpaired) electrons. The highest BCUT2D eigenvalue weighted by molar-refractivity contribution is 9.10. The van der Waals surface area contributed by atoms with Gasteiger partial charge in [-0.3, -0.25) is 0 Å². The highest BCUT2D eigenvalue weighted by atomic mass is 79.9. The van der Waals surface area contributed by atoms with E-state index in [9.17, 15) is 4.79 Å². The molecule has 0 amide bonds. The van der Waals surface area contributed by atoms with Crippen LogP contribution in [0.4, 0.5) is 0 Å². The van der Waals surface area contributed by atoms with Crippen molar-refractivity contribution in [1.29, 1.82) is 0 Å². The van der Waals surface area contributed by atoms with Crippen molar-refractivity contribution >= 4 is 34.1 Å². The van der Waals surface area contributed by atoms with Crippen molar-refractivity contribution in [3.63, 3.8) is 0 Å². The summed E-state index contributed by atoms with van der Waals surface area (Å²) in [4.78, 5) is 11.0. The first-order chi connectivity index (χ1) is 9.60. The Labute approximate surface area is 125 Å². The van der Waals surface area contributed by atoms with Crippen LogP contribution in [0.1, 0.15) is 21.5 Å². The number of benzene rings is 2. The first-order valence-electron chi connectivity index (χ1n) is 5.95. The predicted molar refractivity (Wildman–Crippen MR) is 83.0 cm³/mol. The Kier molecular flexibility index (Phi) is 4.58. The molecule has 0 aliphatic heterocycles. The number of methoxy groups -OCH3 is 1. The van der Waals surface area contributed by atoms with Crippen LogP contribution in [0.2, 0.25) is 0 Å². The Morgan fingerprint density at radius 2 is 1.85 bits per heavy atom. The molecule has 2 aromatic rings. The highest BCUT2D eigenvalue weighted by Gasteiger charge is 2.06. The van der Waals surface area contributed by atoms with Crippen LogP contribution in [0, 0.1) is 0 Å². The van der Waals surface area contributed by atoms with Gasteiger partial charge in [-0.2, -0.15) is 0 Å². The Morgan fingerprint density at radius 3 is 2.45 bits per heavy atom. The molecule has 20 heavy (non-hydrogen) atoms. The van der Waals surface area contributed by atoms with Gasteiger partial charge < -0.3 is 9.84 Å². The molecule has 1 N–H and O–H groups in total. The molecule has 0 atom stereocenters. The molecule has 2 rings (SSSR count). The van der Waals surface area contributed by atoms with E-state index in [0.29, 0.717) is 5.75 Å². The summed E-state index contributed by atoms with van der Waals surface area (Å²) in [5.41, 5.74) is 1.99. The van der Waals surface area contributed by atoms with Crippen molar-refractivity contribution in [2.24, 2.45) is 0 Å². The topological polar surface area (TPSA) is 46.5 Å². The van der Waals surface area contributed by atoms with E-state index < -0.39 is 5.97 Å². The lowest BCUT2D eigenvalue weighted by Gasteiger charge is -2.05. The van der Waals surface area contributed by atoms with Gasteiger partial charge in [-0.15, -0.1) is 0 Å². The molecule has 0 aromatic heterocycles. The van der Waals surface area contributed by atoms with Crippen LogP contribution in [0.25, 0.3) is 12.2 Å². The molecule has 0 spiro atoms. The van der Waals surface area contributed by atoms with Crippen LogP contribution in [0.5, 0.6) is 5.75 Å². The van der Waals surface area contributed by atoms with Crippen molar-refractivity contribution in [2.45, 2.75) is 0 Å². The Hall–Kier alpha value is -2.07. The van der Waals surface area contributed by atoms with Crippen molar-refractivity contribution in [1.82, 2.24) is 0 Å². The summed E-state index contributed by atoms with van der Waals surface area (Å²) in [6.07, 6.45) is 3.75. The molecule has 0 aliphatic carbocycles. The fourth-order valence-corrected chi connectivity index (χ4v) is 2.02. The maximum Gasteiger partial charge on any atom is 0.335 e. The minimum Gasteiger partial charge on any atom is -0.496 e. The first kappa shape index (κ1) is 14.3. The summed E-state index contributed by atoms with van der Waals surface area (Å²) in [7, 11) is 1.56. The molecular weight excluding hydrogens is 320 g/mol. The molecule has 3 nitrogen and oxygen atoms in total. The standard InChI is InChI=1S/C16H13BrO3/c1-20-15-9-6-13(16(18)19)10-12(15)5-2-11-3-7-14(17)8-4-11/h2-10H,1H3,(H,18,19)/b5-2+. The second-order valence-electron chi connectivity index (χ2n) is 4.15. The van der Waals surface area contributed by atoms with Gasteiger partial charge in [0, 0.05) is 10.0 Å². The summed E-state index contributed by atoms with van der Waals surface area (Å²) in [5.74, 6) is -0.311. The van der Waals surface area contributed by atoms with E-state index >= 15 is 0 Å². The summed E-state index contributed by atoms with van der Waals surface area (Å²) < 4.78 is 6.25. The molecule has 0 unspecified atom stereocenters. The van der Waals surface area contributed by atoms with E-state index in [0.717, 1.165) is 15.6 Å². The number of rotatable bonds is 4. The minimum atomic E-state index is -0.953. The number of hydrogen-bond acceptors (Lipinski definition) is 2. The molecule has 0 fully saturated rings. The molecule has 2 aromatic carbocycles. The number of carbonyl (C=O) groups is 1. The van der Waals surface area contributed by atoms with Gasteiger partial charge in [0.1, 0.15) is 5.75 Å². The molecular formula is C16H13BrO3. The summed E-state index contributed by atoms with van der Waals surface area (Å²) in [6, 6.07) is 12.6. The number of aromatic carboxylic acids is 1. The second kappa shape index (κ2) is 6.39. The van der Waals surface area contributed by atoms with Crippen LogP contribution in [0.3, 0.4) is 0 Å². The van der Waals surface area contributed by atoms with Crippen molar-refractivity contribution in [2.75, 3.05) is 7.11 Å². The van der Waals surface area contributed by atoms with E-state index in [1.54, 1.807) is 19.2 Å². The van der Waals surface area contributed by atoms with Crippen molar-refractivity contribution in [3.05, 3.63) is 63.6 Å². The highest BCUT2D eigenvalue weighted by Crippen LogP contribution is 2.23. The summed E-state index contributed by atoms with van der Waals surface area (Å²) >= 11 is 3.38. The van der Waals surface area contributed by atoms with Crippen LogP contribution in [0.15, 0.2) is 46.9 Å². The molecule has 4 heteroatoms. The lowest BCUT2D eigenvalue weighted by atomic mass is 10.1. The average Bonchev–Trinajstić information content (AvgIpc) is 2.46. The van der Waals surface area contributed by atoms with E-state index in [-0.39, 0.29) is 5.56 Å². The normalized spacial score (nSPS) is 10.7. The van der Waals surface area contributed by atoms with Gasteiger partial charge in [0.05, 0.1) is 12.7 Å². The van der Waals surface area contributed by atoms with E-state index in [1.807, 2.05) is 36.4 Å². The van der Waals surface area contributed by atoms with Gasteiger partial charge in [-0.25, -0.2) is 4.79 Å². The van der Waals surface area contributed by atoms with Gasteiger partial charge in [-0.05, 0) is 35.9 Å². The van der Waals surface area contributed by atoms with E-state index in [2.05, 4.69) is 15.9 Å². The van der Waals surface area contributed by atoms with Crippen LogP contribution < -0.4 is 4.74 Å². The third-order valence-corrected chi connectivity index (χ3v) is 3.33. The average molecular weight is 333 g/mol. The molecule has 0 aliphatic rings. The van der Waals surface area contributed by atoms with Gasteiger partial charge in [0.15, 0.2) is 0 Å². The molecule has 102 valence electrons. The van der Waals surface area contributed by atoms with E-state index in [4.69, 9.17) is 9.84 Å². The van der Waals surface area contributed by atoms with Crippen LogP contribution >= 0.6 is 15.9 Å². The molecule has 0 heterocycles. The minimum absolute atomic E-state index is 0.237. The second-order valence-corrected chi connectivity index (χ2v) is 5.06. The largest absolute Gasteiger partial charge is 0.496 e. The van der Waals surface area contributed by atoms with Crippen molar-refractivity contribution in [3.8, 4) is 5.75 Å². The van der Waals surface area contributed by atoms with Crippen molar-refractivity contribution < 1.29 is 14.6 Å². The number of ether oxygens (including phenoxy) is 1. The van der Waals surface area contributed by atoms with E-state index in [1.165, 1.54) is 6.07 Å². The maximum absolute atomic E-state index is 11.0. The zero-order chi connectivity index (χ0) is 14.5. The number of carboxylic acid groups (broad SMARTS) is 1. The SMILES string of the molecule is COc1ccc(C(=O)O)cc1/C=C/c1ccc(Br)cc1. The Morgan fingerprint density at radius 1 is 1.15 bits per heavy atom. The summed E-state index contributed by atoms with van der Waals surface area (Å²) in [6.45, 7) is 0. The predicted octanol–water partition coefficient (Wildman–Crippen LogP) is 4.33. The third-order valence-electron chi connectivity index (χ3n) is 2.80. The molecule has 0 saturated heterocycles. The molecule has 0 saturated carbocycles. The number of hydrogen-bond donors (Lipinski definition) is 1. The number of carboxylic acids is 1. The quantitative estimate of drug-likeness (QED) is 0.848. The van der Waals surface area contributed by atoms with Crippen LogP contribution in [-0.2, 0) is 0 Å². The fourth-order valence-electron chi connectivity index (χ4n) is 1.76. The number of halogens is 1. The van der Waals surface area contributed by atoms with Gasteiger partial charge in [0.2, 0.25) is 0 Å². The first-order valence-corrected chi connectivity index (χ1v) is 6.74. The summed E-state index contributed by atoms with van der Waals surface area (Å²) in [5, 5.41) is 9.02. The Bertz CT molecular complexity index is 645. The van der Waals surface area contributed by atoms with Crippen LogP contribution in [-0.4, -0.2) is 18.2 Å². The van der Waals surface area contributed by atoms with Gasteiger partial charge in [-0.1, -0.05) is 40.2 Å². The molecule has 0 bridgehead atoms.